The van der Waals surface area contributed by atoms with Gasteiger partial charge in [-0.05, 0) is 24.7 Å². The fourth-order valence-electron chi connectivity index (χ4n) is 1.57. The molecule has 0 saturated heterocycles. The molecule has 4 heteroatoms. The summed E-state index contributed by atoms with van der Waals surface area (Å²) in [4.78, 5) is 13.7. The summed E-state index contributed by atoms with van der Waals surface area (Å²) in [6.07, 6.45) is 0. The summed E-state index contributed by atoms with van der Waals surface area (Å²) in [7, 11) is 5.30. The molecule has 1 aromatic carbocycles. The van der Waals surface area contributed by atoms with Crippen molar-refractivity contribution in [3.8, 4) is 0 Å². The molecule has 17 heavy (non-hydrogen) atoms. The van der Waals surface area contributed by atoms with Crippen LogP contribution in [0.1, 0.15) is 15.9 Å². The van der Waals surface area contributed by atoms with E-state index >= 15 is 0 Å². The number of benzene rings is 1. The number of nitrogens with zero attached hydrogens (tertiary/aromatic N) is 1. The van der Waals surface area contributed by atoms with Gasteiger partial charge in [0.2, 0.25) is 0 Å². The van der Waals surface area contributed by atoms with Crippen molar-refractivity contribution >= 4 is 5.91 Å². The van der Waals surface area contributed by atoms with E-state index in [2.05, 4.69) is 5.32 Å². The third-order valence-corrected chi connectivity index (χ3v) is 2.53. The number of ether oxygens (including phenoxy) is 1. The molecule has 0 radical (unpaired) electrons. The Balaban J connectivity index is 2.70. The van der Waals surface area contributed by atoms with Crippen LogP contribution in [-0.4, -0.2) is 45.2 Å². The third-order valence-electron chi connectivity index (χ3n) is 2.53. The van der Waals surface area contributed by atoms with E-state index in [0.717, 1.165) is 17.7 Å². The van der Waals surface area contributed by atoms with Gasteiger partial charge in [-0.3, -0.25) is 4.79 Å². The van der Waals surface area contributed by atoms with Gasteiger partial charge in [0, 0.05) is 32.8 Å². The average molecular weight is 236 g/mol. The molecule has 0 aliphatic rings. The number of carbonyl (C=O) groups is 1. The van der Waals surface area contributed by atoms with Gasteiger partial charge in [-0.1, -0.05) is 12.1 Å². The summed E-state index contributed by atoms with van der Waals surface area (Å²) in [5, 5.41) is 3.07. The molecule has 0 bridgehead atoms. The van der Waals surface area contributed by atoms with Crippen LogP contribution in [0.4, 0.5) is 0 Å². The maximum Gasteiger partial charge on any atom is 0.253 e. The Morgan fingerprint density at radius 1 is 1.47 bits per heavy atom. The van der Waals surface area contributed by atoms with Gasteiger partial charge >= 0.3 is 0 Å². The first-order valence-electron chi connectivity index (χ1n) is 5.67. The molecule has 0 heterocycles. The van der Waals surface area contributed by atoms with Crippen LogP contribution in [0.15, 0.2) is 24.3 Å². The molecule has 94 valence electrons. The van der Waals surface area contributed by atoms with E-state index < -0.39 is 0 Å². The van der Waals surface area contributed by atoms with Crippen molar-refractivity contribution < 1.29 is 9.53 Å². The molecule has 1 aromatic rings. The Morgan fingerprint density at radius 3 is 2.88 bits per heavy atom. The molecule has 1 rings (SSSR count). The largest absolute Gasteiger partial charge is 0.383 e. The Hall–Kier alpha value is -1.39. The summed E-state index contributed by atoms with van der Waals surface area (Å²) in [5.74, 6) is 0.0278. The minimum Gasteiger partial charge on any atom is -0.383 e. The second-order valence-corrected chi connectivity index (χ2v) is 3.95. The lowest BCUT2D eigenvalue weighted by Gasteiger charge is -2.17. The topological polar surface area (TPSA) is 41.6 Å². The van der Waals surface area contributed by atoms with Crippen molar-refractivity contribution in [2.45, 2.75) is 6.54 Å². The summed E-state index contributed by atoms with van der Waals surface area (Å²) in [6, 6.07) is 7.67. The highest BCUT2D eigenvalue weighted by atomic mass is 16.5. The lowest BCUT2D eigenvalue weighted by atomic mass is 10.1. The molecule has 0 atom stereocenters. The van der Waals surface area contributed by atoms with E-state index in [1.165, 1.54) is 0 Å². The van der Waals surface area contributed by atoms with E-state index in [-0.39, 0.29) is 5.91 Å². The zero-order valence-corrected chi connectivity index (χ0v) is 10.7. The smallest absolute Gasteiger partial charge is 0.253 e. The first-order chi connectivity index (χ1) is 8.19. The summed E-state index contributed by atoms with van der Waals surface area (Å²) >= 11 is 0. The first-order valence-corrected chi connectivity index (χ1v) is 5.67. The standard InChI is InChI=1S/C13H20N2O2/c1-14-10-11-5-4-6-12(9-11)13(16)15(2)7-8-17-3/h4-6,9,14H,7-8,10H2,1-3H3. The number of nitrogens with one attached hydrogen (secondary N) is 1. The normalized spacial score (nSPS) is 10.3. The predicted molar refractivity (Wildman–Crippen MR) is 68.0 cm³/mol. The molecule has 0 aromatic heterocycles. The van der Waals surface area contributed by atoms with Gasteiger partial charge in [-0.25, -0.2) is 0 Å². The van der Waals surface area contributed by atoms with Crippen molar-refractivity contribution in [1.82, 2.24) is 10.2 Å². The highest BCUT2D eigenvalue weighted by Crippen LogP contribution is 2.07. The highest BCUT2D eigenvalue weighted by molar-refractivity contribution is 5.94. The van der Waals surface area contributed by atoms with Gasteiger partial charge in [0.1, 0.15) is 0 Å². The van der Waals surface area contributed by atoms with Crippen LogP contribution in [0.2, 0.25) is 0 Å². The molecule has 1 amide bonds. The number of amides is 1. The minimum absolute atomic E-state index is 0.0278. The predicted octanol–water partition coefficient (Wildman–Crippen LogP) is 1.12. The van der Waals surface area contributed by atoms with Crippen molar-refractivity contribution in [2.24, 2.45) is 0 Å². The molecule has 0 aliphatic carbocycles. The van der Waals surface area contributed by atoms with E-state index in [1.807, 2.05) is 31.3 Å². The zero-order chi connectivity index (χ0) is 12.7. The molecule has 0 spiro atoms. The maximum atomic E-state index is 12.1. The Kier molecular flexibility index (Phi) is 5.66. The minimum atomic E-state index is 0.0278. The van der Waals surface area contributed by atoms with E-state index in [1.54, 1.807) is 19.1 Å². The van der Waals surface area contributed by atoms with Crippen LogP contribution in [0, 0.1) is 0 Å². The monoisotopic (exact) mass is 236 g/mol. The van der Waals surface area contributed by atoms with Crippen LogP contribution in [0.25, 0.3) is 0 Å². The molecule has 0 saturated carbocycles. The molecule has 1 N–H and O–H groups in total. The maximum absolute atomic E-state index is 12.1. The van der Waals surface area contributed by atoms with Crippen molar-refractivity contribution in [2.75, 3.05) is 34.4 Å². The average Bonchev–Trinajstić information content (AvgIpc) is 2.35. The van der Waals surface area contributed by atoms with Gasteiger partial charge in [-0.2, -0.15) is 0 Å². The Bertz CT molecular complexity index is 366. The Labute approximate surface area is 103 Å². The fraction of sp³-hybridized carbons (Fsp3) is 0.462. The molecule has 4 nitrogen and oxygen atoms in total. The van der Waals surface area contributed by atoms with Gasteiger partial charge in [0.15, 0.2) is 0 Å². The van der Waals surface area contributed by atoms with Gasteiger partial charge < -0.3 is 15.0 Å². The third kappa shape index (κ3) is 4.17. The van der Waals surface area contributed by atoms with Gasteiger partial charge in [0.05, 0.1) is 6.61 Å². The number of hydrogen-bond acceptors (Lipinski definition) is 3. The van der Waals surface area contributed by atoms with Crippen molar-refractivity contribution in [3.63, 3.8) is 0 Å². The zero-order valence-electron chi connectivity index (χ0n) is 10.7. The van der Waals surface area contributed by atoms with E-state index in [0.29, 0.717) is 13.2 Å². The van der Waals surface area contributed by atoms with Crippen molar-refractivity contribution in [1.29, 1.82) is 0 Å². The molecule has 0 aliphatic heterocycles. The highest BCUT2D eigenvalue weighted by Gasteiger charge is 2.11. The summed E-state index contributed by atoms with van der Waals surface area (Å²) in [5.41, 5.74) is 1.83. The fourth-order valence-corrected chi connectivity index (χ4v) is 1.57. The number of likely N-dealkylation sites (N-methyl/N-ethyl adjacent to an activating group) is 1. The van der Waals surface area contributed by atoms with Crippen LogP contribution in [-0.2, 0) is 11.3 Å². The van der Waals surface area contributed by atoms with E-state index in [9.17, 15) is 4.79 Å². The second-order valence-electron chi connectivity index (χ2n) is 3.95. The first kappa shape index (κ1) is 13.7. The molecule has 0 unspecified atom stereocenters. The van der Waals surface area contributed by atoms with Crippen LogP contribution in [0.3, 0.4) is 0 Å². The van der Waals surface area contributed by atoms with Gasteiger partial charge in [-0.15, -0.1) is 0 Å². The SMILES string of the molecule is CNCc1cccc(C(=O)N(C)CCOC)c1. The summed E-state index contributed by atoms with van der Waals surface area (Å²) in [6.45, 7) is 1.92. The van der Waals surface area contributed by atoms with Gasteiger partial charge in [0.25, 0.3) is 5.91 Å². The lowest BCUT2D eigenvalue weighted by molar-refractivity contribution is 0.0744. The number of hydrogen-bond donors (Lipinski definition) is 1. The number of rotatable bonds is 6. The number of methoxy groups -OCH3 is 1. The number of carbonyl (C=O) groups excluding carboxylic acids is 1. The Morgan fingerprint density at radius 2 is 2.24 bits per heavy atom. The molecular weight excluding hydrogens is 216 g/mol. The second kappa shape index (κ2) is 7.04. The lowest BCUT2D eigenvalue weighted by Crippen LogP contribution is -2.30. The van der Waals surface area contributed by atoms with Crippen LogP contribution < -0.4 is 5.32 Å². The quantitative estimate of drug-likeness (QED) is 0.805. The van der Waals surface area contributed by atoms with Crippen LogP contribution in [0.5, 0.6) is 0 Å². The van der Waals surface area contributed by atoms with E-state index in [4.69, 9.17) is 4.74 Å². The molecule has 0 fully saturated rings. The summed E-state index contributed by atoms with van der Waals surface area (Å²) < 4.78 is 4.96. The molecular formula is C13H20N2O2. The van der Waals surface area contributed by atoms with Crippen molar-refractivity contribution in [3.05, 3.63) is 35.4 Å². The van der Waals surface area contributed by atoms with Crippen LogP contribution >= 0.6 is 0 Å².